The maximum absolute atomic E-state index is 12.8. The molecule has 1 aromatic heterocycles. The van der Waals surface area contributed by atoms with E-state index in [2.05, 4.69) is 15.8 Å². The van der Waals surface area contributed by atoms with E-state index in [0.29, 0.717) is 37.0 Å². The van der Waals surface area contributed by atoms with Crippen LogP contribution >= 0.6 is 35.2 Å². The SMILES string of the molecule is O=S(=O)(c1ccc(Cl)c(NC(=S)NN=Cc2cccs2)c1)N1CCOCC1. The Morgan fingerprint density at radius 2 is 2.11 bits per heavy atom. The van der Waals surface area contributed by atoms with Crippen molar-refractivity contribution in [1.82, 2.24) is 9.73 Å². The number of halogens is 1. The van der Waals surface area contributed by atoms with Crippen LogP contribution in [-0.2, 0) is 14.8 Å². The van der Waals surface area contributed by atoms with E-state index in [-0.39, 0.29) is 10.0 Å². The molecule has 1 aliphatic rings. The Balaban J connectivity index is 1.70. The first-order valence-electron chi connectivity index (χ1n) is 7.98. The minimum Gasteiger partial charge on any atom is -0.379 e. The number of hydrazone groups is 1. The fourth-order valence-electron chi connectivity index (χ4n) is 2.37. The molecule has 27 heavy (non-hydrogen) atoms. The second-order valence-electron chi connectivity index (χ2n) is 5.50. The fraction of sp³-hybridized carbons (Fsp3) is 0.250. The van der Waals surface area contributed by atoms with Crippen LogP contribution < -0.4 is 10.7 Å². The molecule has 3 rings (SSSR count). The van der Waals surface area contributed by atoms with Crippen molar-refractivity contribution in [2.24, 2.45) is 5.10 Å². The van der Waals surface area contributed by atoms with Crippen LogP contribution in [0.4, 0.5) is 5.69 Å². The highest BCUT2D eigenvalue weighted by molar-refractivity contribution is 7.89. The smallest absolute Gasteiger partial charge is 0.243 e. The molecule has 0 saturated carbocycles. The molecule has 0 bridgehead atoms. The van der Waals surface area contributed by atoms with Crippen molar-refractivity contribution < 1.29 is 13.2 Å². The van der Waals surface area contributed by atoms with Gasteiger partial charge in [-0.2, -0.15) is 9.41 Å². The van der Waals surface area contributed by atoms with Gasteiger partial charge in [-0.3, -0.25) is 5.43 Å². The van der Waals surface area contributed by atoms with Crippen LogP contribution in [0.3, 0.4) is 0 Å². The molecule has 1 fully saturated rings. The summed E-state index contributed by atoms with van der Waals surface area (Å²) in [5.41, 5.74) is 3.06. The Morgan fingerprint density at radius 1 is 1.33 bits per heavy atom. The van der Waals surface area contributed by atoms with E-state index in [4.69, 9.17) is 28.6 Å². The third kappa shape index (κ3) is 5.24. The highest BCUT2D eigenvalue weighted by atomic mass is 35.5. The van der Waals surface area contributed by atoms with E-state index in [9.17, 15) is 8.42 Å². The fourth-order valence-corrected chi connectivity index (χ4v) is 4.71. The van der Waals surface area contributed by atoms with Crippen molar-refractivity contribution in [1.29, 1.82) is 0 Å². The largest absolute Gasteiger partial charge is 0.379 e. The molecule has 144 valence electrons. The van der Waals surface area contributed by atoms with Gasteiger partial charge in [0, 0.05) is 18.0 Å². The molecule has 0 amide bonds. The zero-order valence-electron chi connectivity index (χ0n) is 14.1. The van der Waals surface area contributed by atoms with Gasteiger partial charge in [0.1, 0.15) is 0 Å². The molecule has 1 aromatic carbocycles. The quantitative estimate of drug-likeness (QED) is 0.419. The summed E-state index contributed by atoms with van der Waals surface area (Å²) in [5.74, 6) is 0. The van der Waals surface area contributed by atoms with Gasteiger partial charge in [-0.1, -0.05) is 17.7 Å². The Hall–Kier alpha value is -1.56. The summed E-state index contributed by atoms with van der Waals surface area (Å²) < 4.78 is 32.1. The number of sulfonamides is 1. The maximum Gasteiger partial charge on any atom is 0.243 e. The van der Waals surface area contributed by atoms with Gasteiger partial charge in [0.05, 0.1) is 35.0 Å². The number of anilines is 1. The normalized spacial score (nSPS) is 15.7. The van der Waals surface area contributed by atoms with Crippen molar-refractivity contribution in [3.05, 3.63) is 45.6 Å². The van der Waals surface area contributed by atoms with Crippen LogP contribution in [-0.4, -0.2) is 50.4 Å². The van der Waals surface area contributed by atoms with Crippen LogP contribution in [0.15, 0.2) is 45.7 Å². The number of thiophene rings is 1. The van der Waals surface area contributed by atoms with Crippen LogP contribution in [0, 0.1) is 0 Å². The van der Waals surface area contributed by atoms with E-state index in [1.165, 1.54) is 22.5 Å². The van der Waals surface area contributed by atoms with E-state index in [1.807, 2.05) is 17.5 Å². The van der Waals surface area contributed by atoms with Gasteiger partial charge in [-0.15, -0.1) is 11.3 Å². The topological polar surface area (TPSA) is 83.0 Å². The molecule has 2 N–H and O–H groups in total. The first kappa shape index (κ1) is 20.2. The highest BCUT2D eigenvalue weighted by Crippen LogP contribution is 2.27. The zero-order chi connectivity index (χ0) is 19.3. The maximum atomic E-state index is 12.8. The third-order valence-corrected chi connectivity index (χ3v) is 6.92. The number of nitrogens with zero attached hydrogens (tertiary/aromatic N) is 2. The van der Waals surface area contributed by atoms with E-state index in [1.54, 1.807) is 17.6 Å². The molecule has 0 radical (unpaired) electrons. The van der Waals surface area contributed by atoms with Gasteiger partial charge in [-0.25, -0.2) is 8.42 Å². The van der Waals surface area contributed by atoms with Crippen molar-refractivity contribution >= 4 is 62.2 Å². The lowest BCUT2D eigenvalue weighted by molar-refractivity contribution is 0.0730. The second-order valence-corrected chi connectivity index (χ2v) is 9.23. The Labute approximate surface area is 172 Å². The van der Waals surface area contributed by atoms with Gasteiger partial charge >= 0.3 is 0 Å². The van der Waals surface area contributed by atoms with E-state index in [0.717, 1.165) is 4.88 Å². The van der Waals surface area contributed by atoms with Crippen LogP contribution in [0.1, 0.15) is 4.88 Å². The van der Waals surface area contributed by atoms with E-state index < -0.39 is 10.0 Å². The molecule has 7 nitrogen and oxygen atoms in total. The summed E-state index contributed by atoms with van der Waals surface area (Å²) in [7, 11) is -3.62. The zero-order valence-corrected chi connectivity index (χ0v) is 17.3. The molecule has 0 aliphatic carbocycles. The van der Waals surface area contributed by atoms with Gasteiger partial charge in [0.25, 0.3) is 0 Å². The summed E-state index contributed by atoms with van der Waals surface area (Å²) in [6, 6.07) is 8.30. The molecule has 2 aromatic rings. The molecule has 0 atom stereocenters. The number of hydrogen-bond acceptors (Lipinski definition) is 6. The van der Waals surface area contributed by atoms with Crippen molar-refractivity contribution in [2.75, 3.05) is 31.6 Å². The molecule has 0 spiro atoms. The van der Waals surface area contributed by atoms with Crippen LogP contribution in [0.5, 0.6) is 0 Å². The predicted molar refractivity (Wildman–Crippen MR) is 112 cm³/mol. The number of nitrogens with one attached hydrogen (secondary N) is 2. The summed E-state index contributed by atoms with van der Waals surface area (Å²) in [6.07, 6.45) is 1.64. The van der Waals surface area contributed by atoms with E-state index >= 15 is 0 Å². The number of rotatable bonds is 5. The number of ether oxygens (including phenoxy) is 1. The molecular weight excluding hydrogens is 428 g/mol. The second kappa shape index (κ2) is 9.09. The van der Waals surface area contributed by atoms with Crippen LogP contribution in [0.2, 0.25) is 5.02 Å². The van der Waals surface area contributed by atoms with Gasteiger partial charge in [0.2, 0.25) is 10.0 Å². The van der Waals surface area contributed by atoms with Gasteiger partial charge in [0.15, 0.2) is 5.11 Å². The lowest BCUT2D eigenvalue weighted by Crippen LogP contribution is -2.40. The van der Waals surface area contributed by atoms with Gasteiger partial charge < -0.3 is 10.1 Å². The molecular formula is C16H17ClN4O3S3. The minimum atomic E-state index is -3.62. The number of morpholine rings is 1. The van der Waals surface area contributed by atoms with Gasteiger partial charge in [-0.05, 0) is 41.9 Å². The predicted octanol–water partition coefficient (Wildman–Crippen LogP) is 2.74. The summed E-state index contributed by atoms with van der Waals surface area (Å²) in [5, 5.41) is 9.40. The molecule has 0 unspecified atom stereocenters. The average molecular weight is 445 g/mol. The van der Waals surface area contributed by atoms with Crippen molar-refractivity contribution in [3.63, 3.8) is 0 Å². The Morgan fingerprint density at radius 3 is 2.81 bits per heavy atom. The summed E-state index contributed by atoms with van der Waals surface area (Å²) >= 11 is 12.9. The monoisotopic (exact) mass is 444 g/mol. The standard InChI is InChI=1S/C16H17ClN4O3S3/c17-14-4-3-13(27(22,23)21-5-7-24-8-6-21)10-15(14)19-16(25)20-18-11-12-2-1-9-26-12/h1-4,9-11H,5-8H2,(H2,19,20,25). The summed E-state index contributed by atoms with van der Waals surface area (Å²) in [4.78, 5) is 1.11. The average Bonchev–Trinajstić information content (AvgIpc) is 3.17. The Kier molecular flexibility index (Phi) is 6.79. The highest BCUT2D eigenvalue weighted by Gasteiger charge is 2.26. The van der Waals surface area contributed by atoms with Crippen molar-refractivity contribution in [3.8, 4) is 0 Å². The molecule has 1 saturated heterocycles. The minimum absolute atomic E-state index is 0.140. The molecule has 2 heterocycles. The number of benzene rings is 1. The number of hydrogen-bond donors (Lipinski definition) is 2. The number of thiocarbonyl (C=S) groups is 1. The lowest BCUT2D eigenvalue weighted by Gasteiger charge is -2.26. The lowest BCUT2D eigenvalue weighted by atomic mass is 10.3. The molecule has 1 aliphatic heterocycles. The summed E-state index contributed by atoms with van der Waals surface area (Å²) in [6.45, 7) is 1.42. The third-order valence-electron chi connectivity index (χ3n) is 3.69. The van der Waals surface area contributed by atoms with Crippen molar-refractivity contribution in [2.45, 2.75) is 4.90 Å². The Bertz CT molecular complexity index is 926. The first-order valence-corrected chi connectivity index (χ1v) is 11.1. The first-order chi connectivity index (χ1) is 13.0. The van der Waals surface area contributed by atoms with Crippen LogP contribution in [0.25, 0.3) is 0 Å². The molecule has 11 heteroatoms.